The van der Waals surface area contributed by atoms with E-state index in [4.69, 9.17) is 5.73 Å². The molecule has 0 spiro atoms. The molecule has 0 radical (unpaired) electrons. The summed E-state index contributed by atoms with van der Waals surface area (Å²) < 4.78 is 0. The summed E-state index contributed by atoms with van der Waals surface area (Å²) in [4.78, 5) is 15.5. The predicted octanol–water partition coefficient (Wildman–Crippen LogP) is 3.00. The van der Waals surface area contributed by atoms with Gasteiger partial charge in [-0.3, -0.25) is 4.79 Å². The quantitative estimate of drug-likeness (QED) is 0.921. The Morgan fingerprint density at radius 2 is 2.26 bits per heavy atom. The Labute approximate surface area is 120 Å². The molecule has 1 aliphatic carbocycles. The van der Waals surface area contributed by atoms with Crippen molar-refractivity contribution in [2.75, 3.05) is 0 Å². The third kappa shape index (κ3) is 2.88. The van der Waals surface area contributed by atoms with E-state index in [0.717, 1.165) is 17.7 Å². The fraction of sp³-hybridized carbons (Fsp3) is 0.357. The van der Waals surface area contributed by atoms with Crippen molar-refractivity contribution in [1.82, 2.24) is 4.90 Å². The molecular weight excluding hydrogens is 276 g/mol. The molecule has 0 aromatic carbocycles. The Morgan fingerprint density at radius 1 is 1.42 bits per heavy atom. The molecule has 0 saturated heterocycles. The summed E-state index contributed by atoms with van der Waals surface area (Å²) >= 11 is 3.21. The maximum Gasteiger partial charge on any atom is 0.245 e. The number of hydrogen-bond acceptors (Lipinski definition) is 4. The van der Waals surface area contributed by atoms with Crippen LogP contribution in [0, 0.1) is 0 Å². The zero-order valence-corrected chi connectivity index (χ0v) is 12.1. The maximum absolute atomic E-state index is 12.6. The highest BCUT2D eigenvalue weighted by Crippen LogP contribution is 2.31. The molecule has 0 aliphatic heterocycles. The van der Waals surface area contributed by atoms with E-state index >= 15 is 0 Å². The van der Waals surface area contributed by atoms with E-state index in [1.165, 1.54) is 5.56 Å². The molecule has 1 unspecified atom stereocenters. The SMILES string of the molecule is NC(C(=O)N(Cc1ccsc1)C1CC1)c1cccs1. The van der Waals surface area contributed by atoms with E-state index < -0.39 is 6.04 Å². The number of amides is 1. The third-order valence-electron chi connectivity index (χ3n) is 3.32. The largest absolute Gasteiger partial charge is 0.334 e. The van der Waals surface area contributed by atoms with E-state index in [1.54, 1.807) is 22.7 Å². The molecule has 100 valence electrons. The molecular formula is C14H16N2OS2. The van der Waals surface area contributed by atoms with Crippen LogP contribution in [0.5, 0.6) is 0 Å². The average molecular weight is 292 g/mol. The second kappa shape index (κ2) is 5.45. The highest BCUT2D eigenvalue weighted by Gasteiger charge is 2.35. The number of nitrogens with two attached hydrogens (primary N) is 1. The second-order valence-electron chi connectivity index (χ2n) is 4.82. The van der Waals surface area contributed by atoms with Crippen LogP contribution in [0.15, 0.2) is 34.3 Å². The van der Waals surface area contributed by atoms with E-state index in [-0.39, 0.29) is 5.91 Å². The molecule has 5 heteroatoms. The highest BCUT2D eigenvalue weighted by atomic mass is 32.1. The van der Waals surface area contributed by atoms with Crippen LogP contribution >= 0.6 is 22.7 Å². The van der Waals surface area contributed by atoms with Crippen molar-refractivity contribution < 1.29 is 4.79 Å². The van der Waals surface area contributed by atoms with Gasteiger partial charge in [-0.1, -0.05) is 6.07 Å². The lowest BCUT2D eigenvalue weighted by atomic mass is 10.2. The van der Waals surface area contributed by atoms with Gasteiger partial charge in [0.1, 0.15) is 6.04 Å². The Kier molecular flexibility index (Phi) is 3.68. The van der Waals surface area contributed by atoms with E-state index in [1.807, 2.05) is 27.8 Å². The lowest BCUT2D eigenvalue weighted by Crippen LogP contribution is -2.39. The predicted molar refractivity (Wildman–Crippen MR) is 79.1 cm³/mol. The first kappa shape index (κ1) is 12.8. The van der Waals surface area contributed by atoms with Crippen LogP contribution in [-0.2, 0) is 11.3 Å². The zero-order valence-electron chi connectivity index (χ0n) is 10.5. The monoisotopic (exact) mass is 292 g/mol. The fourth-order valence-corrected chi connectivity index (χ4v) is 3.50. The first-order valence-electron chi connectivity index (χ1n) is 6.36. The number of rotatable bonds is 5. The molecule has 1 aliphatic rings. The van der Waals surface area contributed by atoms with Crippen LogP contribution in [0.1, 0.15) is 29.3 Å². The van der Waals surface area contributed by atoms with Gasteiger partial charge in [0.15, 0.2) is 0 Å². The first-order valence-corrected chi connectivity index (χ1v) is 8.18. The standard InChI is InChI=1S/C14H16N2OS2/c15-13(12-2-1-6-19-12)14(17)16(11-3-4-11)8-10-5-7-18-9-10/h1-2,5-7,9,11,13H,3-4,8,15H2. The van der Waals surface area contributed by atoms with Crippen LogP contribution in [0.25, 0.3) is 0 Å². The Balaban J connectivity index is 1.74. The minimum absolute atomic E-state index is 0.0520. The smallest absolute Gasteiger partial charge is 0.245 e. The zero-order chi connectivity index (χ0) is 13.2. The molecule has 2 heterocycles. The van der Waals surface area contributed by atoms with E-state index in [9.17, 15) is 4.79 Å². The van der Waals surface area contributed by atoms with E-state index in [2.05, 4.69) is 11.4 Å². The minimum atomic E-state index is -0.515. The molecule has 1 amide bonds. The molecule has 0 bridgehead atoms. The summed E-state index contributed by atoms with van der Waals surface area (Å²) in [5.74, 6) is 0.0520. The third-order valence-corrected chi connectivity index (χ3v) is 5.01. The normalized spacial score (nSPS) is 16.3. The number of carbonyl (C=O) groups is 1. The van der Waals surface area contributed by atoms with Gasteiger partial charge in [-0.25, -0.2) is 0 Å². The number of thiophene rings is 2. The summed E-state index contributed by atoms with van der Waals surface area (Å²) in [6, 6.07) is 5.82. The molecule has 2 aromatic heterocycles. The van der Waals surface area contributed by atoms with Gasteiger partial charge in [-0.15, -0.1) is 11.3 Å². The minimum Gasteiger partial charge on any atom is -0.334 e. The summed E-state index contributed by atoms with van der Waals surface area (Å²) in [5.41, 5.74) is 7.30. The number of hydrogen-bond donors (Lipinski definition) is 1. The summed E-state index contributed by atoms with van der Waals surface area (Å²) in [6.45, 7) is 0.687. The molecule has 1 saturated carbocycles. The lowest BCUT2D eigenvalue weighted by molar-refractivity contribution is -0.133. The van der Waals surface area contributed by atoms with Crippen LogP contribution in [-0.4, -0.2) is 16.8 Å². The molecule has 3 nitrogen and oxygen atoms in total. The second-order valence-corrected chi connectivity index (χ2v) is 6.58. The lowest BCUT2D eigenvalue weighted by Gasteiger charge is -2.25. The van der Waals surface area contributed by atoms with Crippen LogP contribution in [0.4, 0.5) is 0 Å². The van der Waals surface area contributed by atoms with Crippen molar-refractivity contribution in [2.24, 2.45) is 5.73 Å². The average Bonchev–Trinajstić information content (AvgIpc) is 2.94. The van der Waals surface area contributed by atoms with Gasteiger partial charge < -0.3 is 10.6 Å². The van der Waals surface area contributed by atoms with Gasteiger partial charge in [0.25, 0.3) is 0 Å². The molecule has 1 fully saturated rings. The summed E-state index contributed by atoms with van der Waals surface area (Å²) in [6.07, 6.45) is 2.21. The fourth-order valence-electron chi connectivity index (χ4n) is 2.12. The molecule has 2 aromatic rings. The van der Waals surface area contributed by atoms with E-state index in [0.29, 0.717) is 12.6 Å². The van der Waals surface area contributed by atoms with Crippen molar-refractivity contribution in [3.63, 3.8) is 0 Å². The Bertz CT molecular complexity index is 532. The molecule has 1 atom stereocenters. The van der Waals surface area contributed by atoms with Gasteiger partial charge >= 0.3 is 0 Å². The number of nitrogens with zero attached hydrogens (tertiary/aromatic N) is 1. The van der Waals surface area contributed by atoms with Gasteiger partial charge in [0.05, 0.1) is 0 Å². The maximum atomic E-state index is 12.6. The van der Waals surface area contributed by atoms with Crippen molar-refractivity contribution in [3.8, 4) is 0 Å². The van der Waals surface area contributed by atoms with Crippen molar-refractivity contribution in [1.29, 1.82) is 0 Å². The van der Waals surface area contributed by atoms with Gasteiger partial charge in [-0.05, 0) is 46.7 Å². The topological polar surface area (TPSA) is 46.3 Å². The van der Waals surface area contributed by atoms with Crippen LogP contribution in [0.3, 0.4) is 0 Å². The van der Waals surface area contributed by atoms with Crippen LogP contribution < -0.4 is 5.73 Å². The highest BCUT2D eigenvalue weighted by molar-refractivity contribution is 7.10. The molecule has 19 heavy (non-hydrogen) atoms. The first-order chi connectivity index (χ1) is 9.25. The molecule has 3 rings (SSSR count). The van der Waals surface area contributed by atoms with Crippen molar-refractivity contribution in [3.05, 3.63) is 44.8 Å². The van der Waals surface area contributed by atoms with Gasteiger partial charge in [-0.2, -0.15) is 11.3 Å². The summed E-state index contributed by atoms with van der Waals surface area (Å²) in [5, 5.41) is 6.10. The van der Waals surface area contributed by atoms with Crippen LogP contribution in [0.2, 0.25) is 0 Å². The van der Waals surface area contributed by atoms with Gasteiger partial charge in [0.2, 0.25) is 5.91 Å². The Morgan fingerprint density at radius 3 is 2.84 bits per heavy atom. The Hall–Kier alpha value is -1.17. The summed E-state index contributed by atoms with van der Waals surface area (Å²) in [7, 11) is 0. The van der Waals surface area contributed by atoms with Crippen molar-refractivity contribution >= 4 is 28.6 Å². The van der Waals surface area contributed by atoms with Gasteiger partial charge in [0, 0.05) is 17.5 Å². The van der Waals surface area contributed by atoms with Crippen molar-refractivity contribution in [2.45, 2.75) is 31.5 Å². The molecule has 2 N–H and O–H groups in total. The number of carbonyl (C=O) groups excluding carboxylic acids is 1.